The van der Waals surface area contributed by atoms with E-state index in [1.807, 2.05) is 10.6 Å². The van der Waals surface area contributed by atoms with Crippen LogP contribution in [0, 0.1) is 0 Å². The number of nitrogen functional groups attached to an aromatic ring is 1. The Balaban J connectivity index is 2.56. The molecule has 6 nitrogen and oxygen atoms in total. The van der Waals surface area contributed by atoms with E-state index in [9.17, 15) is 0 Å². The van der Waals surface area contributed by atoms with Crippen molar-refractivity contribution in [1.82, 2.24) is 14.5 Å². The SMILES string of the molecule is CCC(COC)n1c(N)nc2ccc(OC)nc21. The molecule has 0 aliphatic heterocycles. The Morgan fingerprint density at radius 3 is 2.72 bits per heavy atom. The van der Waals surface area contributed by atoms with Crippen LogP contribution in [0.25, 0.3) is 11.2 Å². The average Bonchev–Trinajstić information content (AvgIpc) is 2.71. The minimum Gasteiger partial charge on any atom is -0.481 e. The monoisotopic (exact) mass is 250 g/mol. The van der Waals surface area contributed by atoms with Gasteiger partial charge >= 0.3 is 0 Å². The number of hydrogen-bond acceptors (Lipinski definition) is 5. The highest BCUT2D eigenvalue weighted by Gasteiger charge is 2.17. The lowest BCUT2D eigenvalue weighted by atomic mass is 10.2. The topological polar surface area (TPSA) is 75.2 Å². The highest BCUT2D eigenvalue weighted by atomic mass is 16.5. The molecule has 2 aromatic heterocycles. The molecule has 18 heavy (non-hydrogen) atoms. The van der Waals surface area contributed by atoms with Crippen molar-refractivity contribution >= 4 is 17.1 Å². The maximum Gasteiger partial charge on any atom is 0.215 e. The van der Waals surface area contributed by atoms with Crippen LogP contribution < -0.4 is 10.5 Å². The van der Waals surface area contributed by atoms with Crippen LogP contribution in [0.3, 0.4) is 0 Å². The Morgan fingerprint density at radius 2 is 2.11 bits per heavy atom. The molecule has 2 aromatic rings. The van der Waals surface area contributed by atoms with Crippen molar-refractivity contribution in [3.63, 3.8) is 0 Å². The second kappa shape index (κ2) is 5.22. The molecule has 6 heteroatoms. The number of nitrogens with two attached hydrogens (primary N) is 1. The molecule has 98 valence electrons. The number of aromatic nitrogens is 3. The smallest absolute Gasteiger partial charge is 0.215 e. The molecule has 0 aliphatic carbocycles. The van der Waals surface area contributed by atoms with Gasteiger partial charge in [0.15, 0.2) is 5.65 Å². The van der Waals surface area contributed by atoms with Gasteiger partial charge in [-0.2, -0.15) is 4.98 Å². The van der Waals surface area contributed by atoms with E-state index < -0.39 is 0 Å². The van der Waals surface area contributed by atoms with E-state index in [4.69, 9.17) is 15.2 Å². The van der Waals surface area contributed by atoms with Crippen LogP contribution in [0.5, 0.6) is 5.88 Å². The van der Waals surface area contributed by atoms with E-state index in [1.165, 1.54) is 0 Å². The molecule has 2 rings (SSSR count). The summed E-state index contributed by atoms with van der Waals surface area (Å²) in [6.07, 6.45) is 0.891. The van der Waals surface area contributed by atoms with E-state index in [2.05, 4.69) is 16.9 Å². The summed E-state index contributed by atoms with van der Waals surface area (Å²) in [5, 5.41) is 0. The molecule has 1 unspecified atom stereocenters. The van der Waals surface area contributed by atoms with Crippen molar-refractivity contribution in [1.29, 1.82) is 0 Å². The quantitative estimate of drug-likeness (QED) is 0.872. The Bertz CT molecular complexity index is 538. The number of methoxy groups -OCH3 is 2. The number of rotatable bonds is 5. The fourth-order valence-corrected chi connectivity index (χ4v) is 2.02. The minimum absolute atomic E-state index is 0.125. The van der Waals surface area contributed by atoms with Crippen LogP contribution in [-0.4, -0.2) is 35.4 Å². The van der Waals surface area contributed by atoms with Gasteiger partial charge in [-0.15, -0.1) is 0 Å². The third-order valence-corrected chi connectivity index (χ3v) is 2.94. The van der Waals surface area contributed by atoms with Crippen LogP contribution >= 0.6 is 0 Å². The number of imidazole rings is 1. The van der Waals surface area contributed by atoms with Gasteiger partial charge in [0, 0.05) is 13.2 Å². The second-order valence-electron chi connectivity index (χ2n) is 4.05. The van der Waals surface area contributed by atoms with Crippen molar-refractivity contribution in [2.45, 2.75) is 19.4 Å². The zero-order valence-corrected chi connectivity index (χ0v) is 10.9. The largest absolute Gasteiger partial charge is 0.481 e. The maximum absolute atomic E-state index is 5.97. The second-order valence-corrected chi connectivity index (χ2v) is 4.05. The summed E-state index contributed by atoms with van der Waals surface area (Å²) in [6, 6.07) is 3.75. The molecule has 0 amide bonds. The molecule has 2 heterocycles. The number of pyridine rings is 1. The number of nitrogens with zero attached hydrogens (tertiary/aromatic N) is 3. The van der Waals surface area contributed by atoms with Crippen LogP contribution in [0.1, 0.15) is 19.4 Å². The molecule has 0 saturated heterocycles. The normalized spacial score (nSPS) is 12.8. The maximum atomic E-state index is 5.97. The van der Waals surface area contributed by atoms with Crippen LogP contribution in [0.4, 0.5) is 5.95 Å². The zero-order chi connectivity index (χ0) is 13.1. The summed E-state index contributed by atoms with van der Waals surface area (Å²) in [7, 11) is 3.26. The van der Waals surface area contributed by atoms with E-state index in [0.717, 1.165) is 17.6 Å². The highest BCUT2D eigenvalue weighted by molar-refractivity contribution is 5.75. The number of anilines is 1. The lowest BCUT2D eigenvalue weighted by molar-refractivity contribution is 0.155. The Morgan fingerprint density at radius 1 is 1.33 bits per heavy atom. The lowest BCUT2D eigenvalue weighted by Gasteiger charge is -2.17. The van der Waals surface area contributed by atoms with Crippen LogP contribution in [0.15, 0.2) is 12.1 Å². The van der Waals surface area contributed by atoms with Gasteiger partial charge in [0.05, 0.1) is 19.8 Å². The summed E-state index contributed by atoms with van der Waals surface area (Å²) in [5.74, 6) is 1.01. The zero-order valence-electron chi connectivity index (χ0n) is 10.9. The fourth-order valence-electron chi connectivity index (χ4n) is 2.02. The van der Waals surface area contributed by atoms with Gasteiger partial charge in [-0.3, -0.25) is 4.57 Å². The highest BCUT2D eigenvalue weighted by Crippen LogP contribution is 2.25. The third kappa shape index (κ3) is 2.11. The summed E-state index contributed by atoms with van der Waals surface area (Å²) in [6.45, 7) is 2.65. The van der Waals surface area contributed by atoms with Gasteiger partial charge in [-0.25, -0.2) is 4.98 Å². The average molecular weight is 250 g/mol. The van der Waals surface area contributed by atoms with Crippen molar-refractivity contribution in [3.05, 3.63) is 12.1 Å². The van der Waals surface area contributed by atoms with Gasteiger partial charge in [0.2, 0.25) is 11.8 Å². The molecule has 0 aliphatic rings. The lowest BCUT2D eigenvalue weighted by Crippen LogP contribution is -2.16. The van der Waals surface area contributed by atoms with Gasteiger partial charge in [-0.1, -0.05) is 6.92 Å². The molecule has 0 fully saturated rings. The number of hydrogen-bond donors (Lipinski definition) is 1. The van der Waals surface area contributed by atoms with E-state index in [0.29, 0.717) is 18.4 Å². The van der Waals surface area contributed by atoms with Crippen molar-refractivity contribution in [2.24, 2.45) is 0 Å². The van der Waals surface area contributed by atoms with Gasteiger partial charge < -0.3 is 15.2 Å². The fraction of sp³-hybridized carbons (Fsp3) is 0.500. The first kappa shape index (κ1) is 12.6. The van der Waals surface area contributed by atoms with Crippen LogP contribution in [-0.2, 0) is 4.74 Å². The Labute approximate surface area is 106 Å². The minimum atomic E-state index is 0.125. The first-order chi connectivity index (χ1) is 8.71. The van der Waals surface area contributed by atoms with E-state index in [1.54, 1.807) is 20.3 Å². The standard InChI is InChI=1S/C12H18N4O2/c1-4-8(7-17-2)16-11-9(14-12(16)13)5-6-10(15-11)18-3/h5-6,8H,4,7H2,1-3H3,(H2,13,14). The number of fused-ring (bicyclic) bond motifs is 1. The van der Waals surface area contributed by atoms with Crippen molar-refractivity contribution in [2.75, 3.05) is 26.6 Å². The predicted octanol–water partition coefficient (Wildman–Crippen LogP) is 1.62. The predicted molar refractivity (Wildman–Crippen MR) is 69.7 cm³/mol. The molecule has 1 atom stereocenters. The first-order valence-corrected chi connectivity index (χ1v) is 5.88. The van der Waals surface area contributed by atoms with Crippen molar-refractivity contribution < 1.29 is 9.47 Å². The molecule has 0 aromatic carbocycles. The summed E-state index contributed by atoms with van der Waals surface area (Å²) in [4.78, 5) is 8.72. The van der Waals surface area contributed by atoms with Gasteiger partial charge in [0.25, 0.3) is 0 Å². The van der Waals surface area contributed by atoms with Gasteiger partial charge in [0.1, 0.15) is 5.52 Å². The molecule has 0 bridgehead atoms. The van der Waals surface area contributed by atoms with E-state index in [-0.39, 0.29) is 6.04 Å². The third-order valence-electron chi connectivity index (χ3n) is 2.94. The van der Waals surface area contributed by atoms with Gasteiger partial charge in [-0.05, 0) is 12.5 Å². The molecule has 0 spiro atoms. The molecule has 0 radical (unpaired) electrons. The summed E-state index contributed by atoms with van der Waals surface area (Å²) >= 11 is 0. The van der Waals surface area contributed by atoms with E-state index >= 15 is 0 Å². The first-order valence-electron chi connectivity index (χ1n) is 5.88. The molecule has 0 saturated carbocycles. The number of ether oxygens (including phenoxy) is 2. The molecule has 2 N–H and O–H groups in total. The van der Waals surface area contributed by atoms with Crippen molar-refractivity contribution in [3.8, 4) is 5.88 Å². The molecular weight excluding hydrogens is 232 g/mol. The summed E-state index contributed by atoms with van der Waals surface area (Å²) in [5.41, 5.74) is 7.47. The molecular formula is C12H18N4O2. The van der Waals surface area contributed by atoms with Crippen LogP contribution in [0.2, 0.25) is 0 Å². The Kier molecular flexibility index (Phi) is 3.66. The summed E-state index contributed by atoms with van der Waals surface area (Å²) < 4.78 is 12.3. The Hall–Kier alpha value is -1.82.